The molecule has 0 radical (unpaired) electrons. The molecule has 0 unspecified atom stereocenters. The van der Waals surface area contributed by atoms with Crippen molar-refractivity contribution in [1.29, 1.82) is 0 Å². The van der Waals surface area contributed by atoms with E-state index in [4.69, 9.17) is 10.5 Å². The predicted octanol–water partition coefficient (Wildman–Crippen LogP) is 2.44. The topological polar surface area (TPSA) is 47.3 Å². The molecule has 0 aliphatic rings. The van der Waals surface area contributed by atoms with Gasteiger partial charge in [0, 0.05) is 24.0 Å². The van der Waals surface area contributed by atoms with E-state index in [1.807, 2.05) is 19.9 Å². The van der Waals surface area contributed by atoms with Crippen LogP contribution in [-0.4, -0.2) is 25.7 Å². The van der Waals surface area contributed by atoms with Gasteiger partial charge in [-0.05, 0) is 31.5 Å². The summed E-state index contributed by atoms with van der Waals surface area (Å²) in [5.74, 6) is -0.0529. The van der Waals surface area contributed by atoms with Crippen molar-refractivity contribution in [3.05, 3.63) is 29.6 Å². The maximum absolute atomic E-state index is 13.7. The van der Waals surface area contributed by atoms with Crippen LogP contribution in [0.3, 0.4) is 0 Å². The van der Waals surface area contributed by atoms with Gasteiger partial charge >= 0.3 is 0 Å². The Morgan fingerprint density at radius 1 is 1.21 bits per heavy atom. The second-order valence-corrected chi connectivity index (χ2v) is 6.33. The zero-order valence-electron chi connectivity index (χ0n) is 12.5. The minimum absolute atomic E-state index is 0.168. The van der Waals surface area contributed by atoms with E-state index in [1.165, 1.54) is 13.2 Å². The number of nitrogens with one attached hydrogen (secondary N) is 1. The Hall–Kier alpha value is -1.13. The van der Waals surface area contributed by atoms with Gasteiger partial charge in [0.15, 0.2) is 11.6 Å². The van der Waals surface area contributed by atoms with E-state index in [2.05, 4.69) is 19.2 Å². The molecular formula is C15H25FN2O. The van der Waals surface area contributed by atoms with Gasteiger partial charge in [-0.3, -0.25) is 0 Å². The van der Waals surface area contributed by atoms with Gasteiger partial charge in [0.2, 0.25) is 0 Å². The van der Waals surface area contributed by atoms with Crippen molar-refractivity contribution >= 4 is 0 Å². The van der Waals surface area contributed by atoms with Crippen molar-refractivity contribution in [3.63, 3.8) is 0 Å². The first-order valence-electron chi connectivity index (χ1n) is 6.49. The Balaban J connectivity index is 2.74. The number of nitrogens with two attached hydrogens (primary N) is 1. The summed E-state index contributed by atoms with van der Waals surface area (Å²) in [6, 6.07) is 5.10. The van der Waals surface area contributed by atoms with Crippen LogP contribution in [0.2, 0.25) is 0 Å². The molecule has 0 fully saturated rings. The third-order valence-electron chi connectivity index (χ3n) is 3.08. The fraction of sp³-hybridized carbons (Fsp3) is 0.600. The van der Waals surface area contributed by atoms with E-state index in [-0.39, 0.29) is 22.5 Å². The number of hydrogen-bond donors (Lipinski definition) is 2. The van der Waals surface area contributed by atoms with Crippen LogP contribution >= 0.6 is 0 Å². The van der Waals surface area contributed by atoms with Crippen LogP contribution in [0.15, 0.2) is 18.2 Å². The maximum Gasteiger partial charge on any atom is 0.165 e. The first kappa shape index (κ1) is 15.9. The highest BCUT2D eigenvalue weighted by molar-refractivity contribution is 5.33. The highest BCUT2D eigenvalue weighted by Gasteiger charge is 2.22. The van der Waals surface area contributed by atoms with Gasteiger partial charge in [0.05, 0.1) is 7.11 Å². The Morgan fingerprint density at radius 2 is 1.84 bits per heavy atom. The average Bonchev–Trinajstić information content (AvgIpc) is 2.26. The quantitative estimate of drug-likeness (QED) is 0.833. The van der Waals surface area contributed by atoms with Crippen molar-refractivity contribution in [2.45, 2.75) is 38.6 Å². The molecule has 3 N–H and O–H groups in total. The van der Waals surface area contributed by atoms with E-state index in [0.29, 0.717) is 0 Å². The van der Waals surface area contributed by atoms with Crippen molar-refractivity contribution in [2.24, 2.45) is 5.73 Å². The molecule has 0 bridgehead atoms. The zero-order chi connectivity index (χ0) is 14.7. The Kier molecular flexibility index (Phi) is 4.93. The van der Waals surface area contributed by atoms with Gasteiger partial charge in [-0.25, -0.2) is 4.39 Å². The normalized spacial score (nSPS) is 12.6. The Bertz CT molecular complexity index is 425. The number of halogens is 1. The molecule has 0 saturated heterocycles. The largest absolute Gasteiger partial charge is 0.494 e. The van der Waals surface area contributed by atoms with Crippen LogP contribution < -0.4 is 15.8 Å². The molecule has 0 amide bonds. The maximum atomic E-state index is 13.7. The van der Waals surface area contributed by atoms with E-state index < -0.39 is 0 Å². The summed E-state index contributed by atoms with van der Waals surface area (Å²) in [5, 5.41) is 3.33. The third-order valence-corrected chi connectivity index (χ3v) is 3.08. The first-order valence-corrected chi connectivity index (χ1v) is 6.49. The number of ether oxygens (including phenoxy) is 1. The van der Waals surface area contributed by atoms with Gasteiger partial charge in [0.1, 0.15) is 0 Å². The second-order valence-electron chi connectivity index (χ2n) is 6.33. The smallest absolute Gasteiger partial charge is 0.165 e. The van der Waals surface area contributed by atoms with E-state index >= 15 is 0 Å². The molecule has 0 aliphatic carbocycles. The molecule has 0 heterocycles. The molecule has 4 heteroatoms. The van der Waals surface area contributed by atoms with Crippen molar-refractivity contribution in [1.82, 2.24) is 5.32 Å². The Labute approximate surface area is 115 Å². The van der Waals surface area contributed by atoms with Crippen LogP contribution in [0, 0.1) is 5.82 Å². The fourth-order valence-electron chi connectivity index (χ4n) is 1.89. The molecule has 0 aromatic heterocycles. The summed E-state index contributed by atoms with van der Waals surface area (Å²) in [4.78, 5) is 0. The molecule has 108 valence electrons. The van der Waals surface area contributed by atoms with Gasteiger partial charge in [-0.2, -0.15) is 0 Å². The minimum Gasteiger partial charge on any atom is -0.494 e. The average molecular weight is 268 g/mol. The predicted molar refractivity (Wildman–Crippen MR) is 77.1 cm³/mol. The molecule has 1 rings (SSSR count). The van der Waals surface area contributed by atoms with E-state index in [9.17, 15) is 4.39 Å². The van der Waals surface area contributed by atoms with Crippen molar-refractivity contribution < 1.29 is 9.13 Å². The molecule has 19 heavy (non-hydrogen) atoms. The SMILES string of the molecule is COc1ccc(C(C)(C)CNCC(C)(C)N)cc1F. The second kappa shape index (κ2) is 5.88. The first-order chi connectivity index (χ1) is 8.65. The standard InChI is InChI=1S/C15H25FN2O/c1-14(2,9-18-10-15(3,4)17)11-6-7-13(19-5)12(16)8-11/h6-8,18H,9-10,17H2,1-5H3. The van der Waals surface area contributed by atoms with Crippen LogP contribution in [0.25, 0.3) is 0 Å². The molecule has 3 nitrogen and oxygen atoms in total. The Morgan fingerprint density at radius 3 is 2.32 bits per heavy atom. The highest BCUT2D eigenvalue weighted by atomic mass is 19.1. The van der Waals surface area contributed by atoms with Gasteiger partial charge in [0.25, 0.3) is 0 Å². The lowest BCUT2D eigenvalue weighted by molar-refractivity contribution is 0.382. The summed E-state index contributed by atoms with van der Waals surface area (Å²) >= 11 is 0. The van der Waals surface area contributed by atoms with Gasteiger partial charge in [-0.15, -0.1) is 0 Å². The molecule has 0 saturated carbocycles. The lowest BCUT2D eigenvalue weighted by Crippen LogP contribution is -2.46. The molecular weight excluding hydrogens is 243 g/mol. The van der Waals surface area contributed by atoms with Crippen LogP contribution in [0.5, 0.6) is 5.75 Å². The lowest BCUT2D eigenvalue weighted by Gasteiger charge is -2.28. The minimum atomic E-state index is -0.327. The lowest BCUT2D eigenvalue weighted by atomic mass is 9.84. The number of rotatable bonds is 6. The summed E-state index contributed by atoms with van der Waals surface area (Å²) < 4.78 is 18.7. The van der Waals surface area contributed by atoms with Crippen LogP contribution in [0.4, 0.5) is 4.39 Å². The number of benzene rings is 1. The number of hydrogen-bond acceptors (Lipinski definition) is 3. The zero-order valence-corrected chi connectivity index (χ0v) is 12.5. The molecule has 1 aromatic rings. The molecule has 1 aromatic carbocycles. The summed E-state index contributed by atoms with van der Waals surface area (Å²) in [6.07, 6.45) is 0. The number of methoxy groups -OCH3 is 1. The van der Waals surface area contributed by atoms with Gasteiger partial charge < -0.3 is 15.8 Å². The molecule has 0 atom stereocenters. The van der Waals surface area contributed by atoms with E-state index in [0.717, 1.165) is 18.7 Å². The summed E-state index contributed by atoms with van der Waals surface area (Å²) in [7, 11) is 1.47. The summed E-state index contributed by atoms with van der Waals surface area (Å²) in [6.45, 7) is 9.55. The van der Waals surface area contributed by atoms with Crippen LogP contribution in [-0.2, 0) is 5.41 Å². The van der Waals surface area contributed by atoms with Gasteiger partial charge in [-0.1, -0.05) is 19.9 Å². The van der Waals surface area contributed by atoms with Crippen molar-refractivity contribution in [2.75, 3.05) is 20.2 Å². The molecule has 0 spiro atoms. The monoisotopic (exact) mass is 268 g/mol. The molecule has 0 aliphatic heterocycles. The van der Waals surface area contributed by atoms with Crippen LogP contribution in [0.1, 0.15) is 33.3 Å². The van der Waals surface area contributed by atoms with E-state index in [1.54, 1.807) is 6.07 Å². The summed E-state index contributed by atoms with van der Waals surface area (Å²) in [5.41, 5.74) is 6.45. The highest BCUT2D eigenvalue weighted by Crippen LogP contribution is 2.27. The third kappa shape index (κ3) is 4.80. The van der Waals surface area contributed by atoms with Crippen molar-refractivity contribution in [3.8, 4) is 5.75 Å². The fourth-order valence-corrected chi connectivity index (χ4v) is 1.89.